The van der Waals surface area contributed by atoms with E-state index in [1.54, 1.807) is 18.1 Å². The van der Waals surface area contributed by atoms with Crippen molar-refractivity contribution in [2.24, 2.45) is 0 Å². The highest BCUT2D eigenvalue weighted by Gasteiger charge is 2.40. The molecule has 0 radical (unpaired) electrons. The van der Waals surface area contributed by atoms with Gasteiger partial charge < -0.3 is 19.3 Å². The van der Waals surface area contributed by atoms with Crippen molar-refractivity contribution in [2.45, 2.75) is 25.9 Å². The molecule has 0 unspecified atom stereocenters. The number of nitro groups is 1. The Kier molecular flexibility index (Phi) is 9.23. The minimum atomic E-state index is -0.600. The topological polar surface area (TPSA) is 85.1 Å². The largest absolute Gasteiger partial charge is 0.493 e. The molecule has 232 valence electrons. The number of anilines is 1. The van der Waals surface area contributed by atoms with Crippen molar-refractivity contribution in [3.05, 3.63) is 163 Å². The van der Waals surface area contributed by atoms with Crippen molar-refractivity contribution in [3.63, 3.8) is 0 Å². The molecule has 1 atom stereocenters. The first kappa shape index (κ1) is 31.1. The molecule has 0 saturated heterocycles. The molecule has 0 N–H and O–H groups in total. The molecule has 5 aromatic rings. The lowest BCUT2D eigenvalue weighted by Gasteiger charge is -2.46. The van der Waals surface area contributed by atoms with E-state index in [-0.39, 0.29) is 23.7 Å². The Morgan fingerprint density at radius 3 is 2.07 bits per heavy atom. The fraction of sp³-hybridized carbons (Fsp3) is 0.139. The van der Waals surface area contributed by atoms with E-state index in [0.717, 1.165) is 22.3 Å². The molecule has 8 nitrogen and oxygen atoms in total. The predicted molar refractivity (Wildman–Crippen MR) is 181 cm³/mol. The zero-order valence-corrected chi connectivity index (χ0v) is 27.1. The van der Waals surface area contributed by atoms with Gasteiger partial charge in [-0.3, -0.25) is 14.9 Å². The summed E-state index contributed by atoms with van der Waals surface area (Å²) in [5.74, 6) is 0.693. The summed E-state index contributed by atoms with van der Waals surface area (Å²) >= 11 is 9.77. The second-order valence-corrected chi connectivity index (χ2v) is 12.1. The van der Waals surface area contributed by atoms with Crippen LogP contribution < -0.4 is 14.4 Å². The van der Waals surface area contributed by atoms with Crippen molar-refractivity contribution in [1.29, 1.82) is 0 Å². The Morgan fingerprint density at radius 2 is 1.46 bits per heavy atom. The van der Waals surface area contributed by atoms with Crippen LogP contribution in [0.2, 0.25) is 5.02 Å². The van der Waals surface area contributed by atoms with E-state index in [1.807, 2.05) is 97.1 Å². The molecule has 0 saturated carbocycles. The highest BCUT2D eigenvalue weighted by Crippen LogP contribution is 2.46. The van der Waals surface area contributed by atoms with E-state index in [2.05, 4.69) is 20.8 Å². The van der Waals surface area contributed by atoms with Gasteiger partial charge in [-0.05, 0) is 68.5 Å². The molecule has 1 aliphatic heterocycles. The van der Waals surface area contributed by atoms with Gasteiger partial charge >= 0.3 is 0 Å². The number of ether oxygens (including phenoxy) is 2. The standard InChI is InChI=1S/C36H29BrClN3O5/c1-45-33-19-27(18-31(37)34(33)46-23-26-12-14-28(38)15-13-26)35-39(21-24-8-4-2-5-9-24)32-17-16-29(41(43)44)20-30(32)36(42)40(35)22-25-10-6-3-7-11-25/h2-20,35H,21-23H2,1H3/t35-/m0/s1. The van der Waals surface area contributed by atoms with Crippen LogP contribution in [0, 0.1) is 10.1 Å². The fourth-order valence-corrected chi connectivity index (χ4v) is 6.34. The van der Waals surface area contributed by atoms with E-state index < -0.39 is 11.1 Å². The normalized spacial score (nSPS) is 14.2. The maximum Gasteiger partial charge on any atom is 0.270 e. The van der Waals surface area contributed by atoms with Gasteiger partial charge in [0.25, 0.3) is 11.6 Å². The maximum absolute atomic E-state index is 14.4. The molecule has 46 heavy (non-hydrogen) atoms. The van der Waals surface area contributed by atoms with Gasteiger partial charge in [0.05, 0.1) is 27.8 Å². The van der Waals surface area contributed by atoms with Crippen molar-refractivity contribution in [3.8, 4) is 11.5 Å². The molecule has 0 fully saturated rings. The van der Waals surface area contributed by atoms with Crippen LogP contribution in [0.25, 0.3) is 0 Å². The molecular formula is C36H29BrClN3O5. The summed E-state index contributed by atoms with van der Waals surface area (Å²) in [6.45, 7) is 0.996. The van der Waals surface area contributed by atoms with Crippen molar-refractivity contribution >= 4 is 44.8 Å². The molecular weight excluding hydrogens is 670 g/mol. The zero-order valence-electron chi connectivity index (χ0n) is 24.8. The molecule has 0 bridgehead atoms. The Balaban J connectivity index is 1.48. The number of halogens is 2. The molecule has 5 aromatic carbocycles. The number of rotatable bonds is 10. The first-order chi connectivity index (χ1) is 22.3. The first-order valence-electron chi connectivity index (χ1n) is 14.5. The molecule has 1 aliphatic rings. The van der Waals surface area contributed by atoms with Crippen LogP contribution in [-0.2, 0) is 19.7 Å². The summed E-state index contributed by atoms with van der Waals surface area (Å²) in [7, 11) is 1.57. The number of methoxy groups -OCH3 is 1. The molecule has 1 heterocycles. The number of hydrogen-bond donors (Lipinski definition) is 0. The summed E-state index contributed by atoms with van der Waals surface area (Å²) < 4.78 is 12.7. The van der Waals surface area contributed by atoms with Crippen LogP contribution in [0.3, 0.4) is 0 Å². The third-order valence-electron chi connectivity index (χ3n) is 7.82. The lowest BCUT2D eigenvalue weighted by atomic mass is 9.98. The van der Waals surface area contributed by atoms with Gasteiger partial charge in [-0.2, -0.15) is 0 Å². The van der Waals surface area contributed by atoms with E-state index in [9.17, 15) is 14.9 Å². The molecule has 10 heteroatoms. The lowest BCUT2D eigenvalue weighted by Crippen LogP contribution is -2.48. The smallest absolute Gasteiger partial charge is 0.270 e. The van der Waals surface area contributed by atoms with Crippen LogP contribution in [0.5, 0.6) is 11.5 Å². The molecule has 0 aromatic heterocycles. The number of non-ortho nitro benzene ring substituents is 1. The van der Waals surface area contributed by atoms with Crippen LogP contribution >= 0.6 is 27.5 Å². The number of benzene rings is 5. The van der Waals surface area contributed by atoms with Gasteiger partial charge in [0, 0.05) is 30.2 Å². The van der Waals surface area contributed by atoms with Gasteiger partial charge in [-0.25, -0.2) is 0 Å². The van der Waals surface area contributed by atoms with E-state index in [4.69, 9.17) is 21.1 Å². The Labute approximate surface area is 280 Å². The van der Waals surface area contributed by atoms with Crippen LogP contribution in [-0.4, -0.2) is 22.8 Å². The Bertz CT molecular complexity index is 1870. The third kappa shape index (κ3) is 6.56. The average molecular weight is 699 g/mol. The summed E-state index contributed by atoms with van der Waals surface area (Å²) in [6, 6.07) is 35.3. The van der Waals surface area contributed by atoms with Crippen LogP contribution in [0.1, 0.15) is 38.8 Å². The summed E-state index contributed by atoms with van der Waals surface area (Å²) in [5.41, 5.74) is 4.37. The van der Waals surface area contributed by atoms with E-state index >= 15 is 0 Å². The SMILES string of the molecule is COc1cc([C@@H]2N(Cc3ccccc3)C(=O)c3cc([N+](=O)[O-])ccc3N2Cc2ccccc2)cc(Br)c1OCc1ccc(Cl)cc1. The summed E-state index contributed by atoms with van der Waals surface area (Å²) in [4.78, 5) is 29.5. The molecule has 6 rings (SSSR count). The average Bonchev–Trinajstić information content (AvgIpc) is 3.07. The summed E-state index contributed by atoms with van der Waals surface area (Å²) in [6.07, 6.45) is -0.600. The maximum atomic E-state index is 14.4. The second-order valence-electron chi connectivity index (χ2n) is 10.8. The number of carbonyl (C=O) groups excluding carboxylic acids is 1. The minimum absolute atomic E-state index is 0.142. The fourth-order valence-electron chi connectivity index (χ4n) is 5.64. The van der Waals surface area contributed by atoms with Crippen LogP contribution in [0.4, 0.5) is 11.4 Å². The van der Waals surface area contributed by atoms with Gasteiger partial charge in [0.2, 0.25) is 0 Å². The predicted octanol–water partition coefficient (Wildman–Crippen LogP) is 8.96. The van der Waals surface area contributed by atoms with E-state index in [0.29, 0.717) is 39.8 Å². The number of nitro benzene ring substituents is 1. The third-order valence-corrected chi connectivity index (χ3v) is 8.66. The molecule has 0 spiro atoms. The monoisotopic (exact) mass is 697 g/mol. The highest BCUT2D eigenvalue weighted by atomic mass is 79.9. The van der Waals surface area contributed by atoms with Crippen LogP contribution in [0.15, 0.2) is 120 Å². The summed E-state index contributed by atoms with van der Waals surface area (Å²) in [5, 5.41) is 12.4. The lowest BCUT2D eigenvalue weighted by molar-refractivity contribution is -0.384. The van der Waals surface area contributed by atoms with Crippen molar-refractivity contribution in [1.82, 2.24) is 4.90 Å². The second kappa shape index (κ2) is 13.6. The van der Waals surface area contributed by atoms with Gasteiger partial charge in [-0.15, -0.1) is 0 Å². The van der Waals surface area contributed by atoms with Crippen molar-refractivity contribution < 1.29 is 19.2 Å². The highest BCUT2D eigenvalue weighted by molar-refractivity contribution is 9.10. The van der Waals surface area contributed by atoms with E-state index in [1.165, 1.54) is 12.1 Å². The number of carbonyl (C=O) groups is 1. The molecule has 1 amide bonds. The number of hydrogen-bond acceptors (Lipinski definition) is 6. The first-order valence-corrected chi connectivity index (χ1v) is 15.7. The molecule has 0 aliphatic carbocycles. The number of amides is 1. The zero-order chi connectivity index (χ0) is 32.2. The number of nitrogens with zero attached hydrogens (tertiary/aromatic N) is 3. The van der Waals surface area contributed by atoms with Crippen molar-refractivity contribution in [2.75, 3.05) is 12.0 Å². The van der Waals surface area contributed by atoms with Gasteiger partial charge in [0.15, 0.2) is 11.5 Å². The Hall–Kier alpha value is -4.86. The quantitative estimate of drug-likeness (QED) is 0.107. The minimum Gasteiger partial charge on any atom is -0.493 e. The number of fused-ring (bicyclic) bond motifs is 1. The van der Waals surface area contributed by atoms with Gasteiger partial charge in [0.1, 0.15) is 12.8 Å². The Morgan fingerprint density at radius 1 is 0.826 bits per heavy atom. The van der Waals surface area contributed by atoms with Gasteiger partial charge in [-0.1, -0.05) is 84.4 Å².